The van der Waals surface area contributed by atoms with Crippen molar-refractivity contribution in [1.82, 2.24) is 20.6 Å². The molecule has 0 amide bonds. The molecule has 0 saturated heterocycles. The summed E-state index contributed by atoms with van der Waals surface area (Å²) in [5.74, 6) is -0.559. The molecule has 0 unspecified atom stereocenters. The molecule has 0 aliphatic carbocycles. The fraction of sp³-hybridized carbons (Fsp3) is 0.0833. The molecule has 20 heavy (non-hydrogen) atoms. The van der Waals surface area contributed by atoms with Gasteiger partial charge in [0.15, 0.2) is 0 Å². The fourth-order valence-electron chi connectivity index (χ4n) is 1.65. The molecule has 0 saturated carbocycles. The van der Waals surface area contributed by atoms with Gasteiger partial charge in [-0.3, -0.25) is 9.59 Å². The number of hydrogen-bond donors (Lipinski definition) is 1. The van der Waals surface area contributed by atoms with Crippen LogP contribution < -0.4 is 0 Å². The van der Waals surface area contributed by atoms with Crippen molar-refractivity contribution >= 4 is 22.9 Å². The van der Waals surface area contributed by atoms with Crippen LogP contribution >= 0.6 is 11.3 Å². The van der Waals surface area contributed by atoms with Gasteiger partial charge >= 0.3 is 0 Å². The third kappa shape index (κ3) is 2.41. The molecule has 0 fully saturated rings. The molecule has 3 aromatic rings. The Hall–Kier alpha value is -2.61. The van der Waals surface area contributed by atoms with Crippen molar-refractivity contribution in [2.24, 2.45) is 0 Å². The van der Waals surface area contributed by atoms with E-state index >= 15 is 0 Å². The van der Waals surface area contributed by atoms with Crippen molar-refractivity contribution in [1.29, 1.82) is 0 Å². The van der Waals surface area contributed by atoms with E-state index in [4.69, 9.17) is 4.42 Å². The Balaban J connectivity index is 1.72. The second-order valence-electron chi connectivity index (χ2n) is 3.91. The van der Waals surface area contributed by atoms with E-state index in [1.54, 1.807) is 12.1 Å². The second-order valence-corrected chi connectivity index (χ2v) is 4.86. The molecule has 100 valence electrons. The largest absolute Gasteiger partial charge is 0.460 e. The Labute approximate surface area is 116 Å². The SMILES string of the molecule is O=C(Cc1ccc(-c2cccs2)o1)C(=O)c1nn[nH]n1. The Bertz CT molecular complexity index is 731. The van der Waals surface area contributed by atoms with Gasteiger partial charge in [0.25, 0.3) is 5.78 Å². The minimum atomic E-state index is -0.784. The highest BCUT2D eigenvalue weighted by Crippen LogP contribution is 2.26. The minimum absolute atomic E-state index is 0.126. The number of rotatable bonds is 5. The van der Waals surface area contributed by atoms with Crippen LogP contribution in [-0.4, -0.2) is 32.2 Å². The molecule has 3 rings (SSSR count). The molecule has 0 radical (unpaired) electrons. The predicted octanol–water partition coefficient (Wildman–Crippen LogP) is 1.52. The van der Waals surface area contributed by atoms with Crippen molar-refractivity contribution in [3.63, 3.8) is 0 Å². The van der Waals surface area contributed by atoms with Crippen molar-refractivity contribution in [2.45, 2.75) is 6.42 Å². The van der Waals surface area contributed by atoms with Gasteiger partial charge in [0.2, 0.25) is 11.6 Å². The van der Waals surface area contributed by atoms with Gasteiger partial charge in [0.1, 0.15) is 11.5 Å². The van der Waals surface area contributed by atoms with Crippen LogP contribution in [0, 0.1) is 0 Å². The Kier molecular flexibility index (Phi) is 3.21. The monoisotopic (exact) mass is 288 g/mol. The van der Waals surface area contributed by atoms with E-state index in [1.807, 2.05) is 17.5 Å². The van der Waals surface area contributed by atoms with Gasteiger partial charge in [0, 0.05) is 0 Å². The van der Waals surface area contributed by atoms with Crippen LogP contribution in [0.3, 0.4) is 0 Å². The maximum Gasteiger partial charge on any atom is 0.269 e. The van der Waals surface area contributed by atoms with Gasteiger partial charge in [0.05, 0.1) is 11.3 Å². The van der Waals surface area contributed by atoms with E-state index in [-0.39, 0.29) is 12.2 Å². The maximum absolute atomic E-state index is 11.8. The first-order chi connectivity index (χ1) is 9.74. The zero-order chi connectivity index (χ0) is 13.9. The van der Waals surface area contributed by atoms with Crippen LogP contribution in [-0.2, 0) is 11.2 Å². The topological polar surface area (TPSA) is 102 Å². The van der Waals surface area contributed by atoms with E-state index in [1.165, 1.54) is 11.3 Å². The van der Waals surface area contributed by atoms with E-state index in [9.17, 15) is 9.59 Å². The van der Waals surface area contributed by atoms with Gasteiger partial charge in [-0.25, -0.2) is 0 Å². The van der Waals surface area contributed by atoms with Crippen LogP contribution in [0.4, 0.5) is 0 Å². The van der Waals surface area contributed by atoms with Gasteiger partial charge < -0.3 is 4.42 Å². The molecule has 8 heteroatoms. The fourth-order valence-corrected chi connectivity index (χ4v) is 2.33. The highest BCUT2D eigenvalue weighted by atomic mass is 32.1. The molecular formula is C12H8N4O3S. The zero-order valence-electron chi connectivity index (χ0n) is 10.1. The number of nitrogens with zero attached hydrogens (tertiary/aromatic N) is 3. The lowest BCUT2D eigenvalue weighted by Gasteiger charge is -1.94. The first-order valence-corrected chi connectivity index (χ1v) is 6.55. The van der Waals surface area contributed by atoms with E-state index in [0.717, 1.165) is 4.88 Å². The summed E-state index contributed by atoms with van der Waals surface area (Å²) in [4.78, 5) is 24.4. The number of hydrogen-bond acceptors (Lipinski definition) is 7. The second kappa shape index (κ2) is 5.17. The van der Waals surface area contributed by atoms with E-state index in [0.29, 0.717) is 11.5 Å². The third-order valence-corrected chi connectivity index (χ3v) is 3.45. The summed E-state index contributed by atoms with van der Waals surface area (Å²) in [7, 11) is 0. The van der Waals surface area contributed by atoms with Crippen LogP contribution in [0.15, 0.2) is 34.1 Å². The normalized spacial score (nSPS) is 10.6. The van der Waals surface area contributed by atoms with Crippen molar-refractivity contribution in [3.05, 3.63) is 41.2 Å². The van der Waals surface area contributed by atoms with Crippen LogP contribution in [0.25, 0.3) is 10.6 Å². The number of aromatic amines is 1. The van der Waals surface area contributed by atoms with Crippen LogP contribution in [0.1, 0.15) is 16.4 Å². The lowest BCUT2D eigenvalue weighted by Crippen LogP contribution is -2.17. The number of aromatic nitrogens is 4. The van der Waals surface area contributed by atoms with Gasteiger partial charge in [-0.15, -0.1) is 21.5 Å². The maximum atomic E-state index is 11.8. The highest BCUT2D eigenvalue weighted by molar-refractivity contribution is 7.13. The zero-order valence-corrected chi connectivity index (χ0v) is 10.9. The molecule has 0 aliphatic rings. The number of nitrogens with one attached hydrogen (secondary N) is 1. The molecule has 0 atom stereocenters. The number of Topliss-reactive ketones (excluding diaryl/α,β-unsaturated/α-hetero) is 2. The molecule has 1 N–H and O–H groups in total. The Morgan fingerprint density at radius 2 is 2.20 bits per heavy atom. The number of tetrazole rings is 1. The predicted molar refractivity (Wildman–Crippen MR) is 69.2 cm³/mol. The summed E-state index contributed by atoms with van der Waals surface area (Å²) in [5, 5.41) is 14.3. The number of thiophene rings is 1. The molecule has 3 aromatic heterocycles. The average Bonchev–Trinajstić information content (AvgIpc) is 3.19. The summed E-state index contributed by atoms with van der Waals surface area (Å²) in [6, 6.07) is 7.27. The smallest absolute Gasteiger partial charge is 0.269 e. The average molecular weight is 288 g/mol. The molecule has 0 aromatic carbocycles. The lowest BCUT2D eigenvalue weighted by atomic mass is 10.1. The summed E-state index contributed by atoms with van der Waals surface area (Å²) >= 11 is 1.53. The molecule has 0 bridgehead atoms. The van der Waals surface area contributed by atoms with E-state index in [2.05, 4.69) is 20.6 Å². The summed E-state index contributed by atoms with van der Waals surface area (Å²) in [6.07, 6.45) is -0.126. The quantitative estimate of drug-likeness (QED) is 0.564. The molecule has 0 aliphatic heterocycles. The lowest BCUT2D eigenvalue weighted by molar-refractivity contribution is -0.114. The van der Waals surface area contributed by atoms with Crippen LogP contribution in [0.5, 0.6) is 0 Å². The molecular weight excluding hydrogens is 280 g/mol. The third-order valence-electron chi connectivity index (χ3n) is 2.56. The highest BCUT2D eigenvalue weighted by Gasteiger charge is 2.22. The van der Waals surface area contributed by atoms with Gasteiger partial charge in [-0.1, -0.05) is 6.07 Å². The van der Waals surface area contributed by atoms with Crippen LogP contribution in [0.2, 0.25) is 0 Å². The standard InChI is InChI=1S/C12H8N4O3S/c17-8(11(18)12-13-15-16-14-12)6-7-3-4-9(19-7)10-2-1-5-20-10/h1-5H,6H2,(H,13,14,15,16). The number of furan rings is 1. The first kappa shape index (κ1) is 12.4. The molecule has 0 spiro atoms. The van der Waals surface area contributed by atoms with Gasteiger partial charge in [-0.2, -0.15) is 5.21 Å². The number of carbonyl (C=O) groups is 2. The number of ketones is 2. The van der Waals surface area contributed by atoms with Crippen molar-refractivity contribution in [2.75, 3.05) is 0 Å². The van der Waals surface area contributed by atoms with Crippen molar-refractivity contribution in [3.8, 4) is 10.6 Å². The molecule has 7 nitrogen and oxygen atoms in total. The Morgan fingerprint density at radius 1 is 1.30 bits per heavy atom. The van der Waals surface area contributed by atoms with Gasteiger partial charge in [-0.05, 0) is 28.8 Å². The summed E-state index contributed by atoms with van der Waals surface area (Å²) in [6.45, 7) is 0. The van der Waals surface area contributed by atoms with E-state index < -0.39 is 11.6 Å². The minimum Gasteiger partial charge on any atom is -0.460 e. The van der Waals surface area contributed by atoms with Crippen molar-refractivity contribution < 1.29 is 14.0 Å². The number of carbonyl (C=O) groups excluding carboxylic acids is 2. The Morgan fingerprint density at radius 3 is 2.90 bits per heavy atom. The number of H-pyrrole nitrogens is 1. The summed E-state index contributed by atoms with van der Waals surface area (Å²) < 4.78 is 5.54. The molecule has 3 heterocycles. The first-order valence-electron chi connectivity index (χ1n) is 5.67. The summed E-state index contributed by atoms with van der Waals surface area (Å²) in [5.41, 5.74) is 0.